The molecule has 100 valence electrons. The average molecular weight is 255 g/mol. The number of likely N-dealkylation sites (N-methyl/N-ethyl adjacent to an activating group) is 1. The van der Waals surface area contributed by atoms with Crippen LogP contribution in [0.4, 0.5) is 8.78 Å². The molecular formula is C14H19F2NO. The van der Waals surface area contributed by atoms with E-state index in [2.05, 4.69) is 5.32 Å². The molecule has 1 aliphatic carbocycles. The lowest BCUT2D eigenvalue weighted by atomic mass is 9.96. The second-order valence-corrected chi connectivity index (χ2v) is 4.64. The van der Waals surface area contributed by atoms with Crippen molar-refractivity contribution < 1.29 is 13.5 Å². The van der Waals surface area contributed by atoms with Gasteiger partial charge < -0.3 is 10.1 Å². The number of hydrogen-bond acceptors (Lipinski definition) is 2. The van der Waals surface area contributed by atoms with Gasteiger partial charge in [-0.1, -0.05) is 19.1 Å². The monoisotopic (exact) mass is 255 g/mol. The molecule has 0 heterocycles. The number of ether oxygens (including phenoxy) is 1. The van der Waals surface area contributed by atoms with E-state index < -0.39 is 11.6 Å². The first-order chi connectivity index (χ1) is 8.72. The van der Waals surface area contributed by atoms with Gasteiger partial charge >= 0.3 is 0 Å². The lowest BCUT2D eigenvalue weighted by molar-refractivity contribution is -0.00904. The Morgan fingerprint density at radius 3 is 2.78 bits per heavy atom. The Bertz CT molecular complexity index is 393. The fraction of sp³-hybridized carbons (Fsp3) is 0.571. The van der Waals surface area contributed by atoms with Gasteiger partial charge in [0, 0.05) is 5.56 Å². The maximum atomic E-state index is 13.7. The minimum absolute atomic E-state index is 0.286. The van der Waals surface area contributed by atoms with Gasteiger partial charge in [-0.15, -0.1) is 0 Å². The summed E-state index contributed by atoms with van der Waals surface area (Å²) in [6.07, 6.45) is 3.64. The van der Waals surface area contributed by atoms with Crippen molar-refractivity contribution in [2.45, 2.75) is 38.3 Å². The molecule has 1 atom stereocenters. The highest BCUT2D eigenvalue weighted by molar-refractivity contribution is 5.22. The molecule has 0 aromatic heterocycles. The molecule has 1 aromatic carbocycles. The summed E-state index contributed by atoms with van der Waals surface area (Å²) in [6.45, 7) is 3.01. The summed E-state index contributed by atoms with van der Waals surface area (Å²) in [6, 6.07) is 3.98. The molecule has 1 fully saturated rings. The average Bonchev–Trinajstić information content (AvgIpc) is 2.30. The highest BCUT2D eigenvalue weighted by Crippen LogP contribution is 2.25. The Morgan fingerprint density at radius 2 is 2.17 bits per heavy atom. The van der Waals surface area contributed by atoms with Crippen molar-refractivity contribution in [1.82, 2.24) is 5.32 Å². The Morgan fingerprint density at radius 1 is 1.39 bits per heavy atom. The lowest BCUT2D eigenvalue weighted by Gasteiger charge is -2.28. The van der Waals surface area contributed by atoms with Crippen molar-refractivity contribution in [3.05, 3.63) is 35.4 Å². The molecule has 1 unspecified atom stereocenters. The SMILES string of the molecule is CCNC(COC1CCC1)c1cccc(F)c1F. The van der Waals surface area contributed by atoms with Crippen molar-refractivity contribution in [3.8, 4) is 0 Å². The molecular weight excluding hydrogens is 236 g/mol. The van der Waals surface area contributed by atoms with Crippen LogP contribution in [0.2, 0.25) is 0 Å². The van der Waals surface area contributed by atoms with E-state index in [1.165, 1.54) is 12.5 Å². The molecule has 18 heavy (non-hydrogen) atoms. The van der Waals surface area contributed by atoms with Gasteiger partial charge in [-0.3, -0.25) is 0 Å². The quantitative estimate of drug-likeness (QED) is 0.843. The Labute approximate surface area is 106 Å². The third-order valence-corrected chi connectivity index (χ3v) is 3.36. The van der Waals surface area contributed by atoms with Crippen molar-refractivity contribution in [3.63, 3.8) is 0 Å². The van der Waals surface area contributed by atoms with Crippen LogP contribution in [-0.4, -0.2) is 19.3 Å². The van der Waals surface area contributed by atoms with Crippen LogP contribution in [-0.2, 0) is 4.74 Å². The van der Waals surface area contributed by atoms with E-state index in [4.69, 9.17) is 4.74 Å². The van der Waals surface area contributed by atoms with Gasteiger partial charge in [0.1, 0.15) is 0 Å². The maximum Gasteiger partial charge on any atom is 0.163 e. The molecule has 4 heteroatoms. The van der Waals surface area contributed by atoms with Crippen molar-refractivity contribution in [2.24, 2.45) is 0 Å². The van der Waals surface area contributed by atoms with Crippen LogP contribution in [0.25, 0.3) is 0 Å². The molecule has 0 spiro atoms. The Kier molecular flexibility index (Phi) is 4.66. The fourth-order valence-electron chi connectivity index (χ4n) is 2.06. The molecule has 2 nitrogen and oxygen atoms in total. The van der Waals surface area contributed by atoms with Gasteiger partial charge in [-0.2, -0.15) is 0 Å². The molecule has 0 radical (unpaired) electrons. The predicted molar refractivity (Wildman–Crippen MR) is 66.4 cm³/mol. The van der Waals surface area contributed by atoms with Gasteiger partial charge in [0.2, 0.25) is 0 Å². The zero-order chi connectivity index (χ0) is 13.0. The molecule has 1 N–H and O–H groups in total. The van der Waals surface area contributed by atoms with Gasteiger partial charge in [0.25, 0.3) is 0 Å². The molecule has 0 amide bonds. The number of nitrogens with one attached hydrogen (secondary N) is 1. The highest BCUT2D eigenvalue weighted by atomic mass is 19.2. The van der Waals surface area contributed by atoms with Gasteiger partial charge in [0.15, 0.2) is 11.6 Å². The van der Waals surface area contributed by atoms with Crippen molar-refractivity contribution >= 4 is 0 Å². The van der Waals surface area contributed by atoms with Gasteiger partial charge in [-0.05, 0) is 31.9 Å². The smallest absolute Gasteiger partial charge is 0.163 e. The van der Waals surface area contributed by atoms with Crippen LogP contribution >= 0.6 is 0 Å². The van der Waals surface area contributed by atoms with Crippen molar-refractivity contribution in [1.29, 1.82) is 0 Å². The van der Waals surface area contributed by atoms with Gasteiger partial charge in [-0.25, -0.2) is 8.78 Å². The molecule has 0 aliphatic heterocycles. The van der Waals surface area contributed by atoms with E-state index in [0.717, 1.165) is 18.9 Å². The topological polar surface area (TPSA) is 21.3 Å². The number of halogens is 2. The minimum Gasteiger partial charge on any atom is -0.376 e. The van der Waals surface area contributed by atoms with E-state index in [1.54, 1.807) is 6.07 Å². The summed E-state index contributed by atoms with van der Waals surface area (Å²) in [5.74, 6) is -1.58. The molecule has 0 bridgehead atoms. The first kappa shape index (κ1) is 13.4. The summed E-state index contributed by atoms with van der Waals surface area (Å²) < 4.78 is 32.6. The summed E-state index contributed by atoms with van der Waals surface area (Å²) in [4.78, 5) is 0. The van der Waals surface area contributed by atoms with E-state index >= 15 is 0 Å². The van der Waals surface area contributed by atoms with Crippen LogP contribution in [0.5, 0.6) is 0 Å². The normalized spacial score (nSPS) is 17.5. The van der Waals surface area contributed by atoms with E-state index in [9.17, 15) is 8.78 Å². The summed E-state index contributed by atoms with van der Waals surface area (Å²) in [5.41, 5.74) is 0.344. The predicted octanol–water partition coefficient (Wildman–Crippen LogP) is 3.18. The Hall–Kier alpha value is -1.00. The summed E-state index contributed by atoms with van der Waals surface area (Å²) >= 11 is 0. The number of rotatable bonds is 6. The molecule has 0 saturated heterocycles. The second kappa shape index (κ2) is 6.25. The van der Waals surface area contributed by atoms with Crippen LogP contribution < -0.4 is 5.32 Å². The van der Waals surface area contributed by atoms with Gasteiger partial charge in [0.05, 0.1) is 18.8 Å². The third kappa shape index (κ3) is 3.06. The molecule has 1 saturated carbocycles. The zero-order valence-electron chi connectivity index (χ0n) is 10.6. The number of hydrogen-bond donors (Lipinski definition) is 1. The molecule has 1 aromatic rings. The van der Waals surface area contributed by atoms with Crippen LogP contribution in [0.3, 0.4) is 0 Å². The van der Waals surface area contributed by atoms with E-state index in [1.807, 2.05) is 6.92 Å². The molecule has 2 rings (SSSR count). The second-order valence-electron chi connectivity index (χ2n) is 4.64. The first-order valence-electron chi connectivity index (χ1n) is 6.51. The van der Waals surface area contributed by atoms with Crippen LogP contribution in [0.1, 0.15) is 37.8 Å². The van der Waals surface area contributed by atoms with E-state index in [0.29, 0.717) is 24.8 Å². The highest BCUT2D eigenvalue weighted by Gasteiger charge is 2.22. The standard InChI is InChI=1S/C14H19F2NO/c1-2-17-13(9-18-10-5-3-6-10)11-7-4-8-12(15)14(11)16/h4,7-8,10,13,17H,2-3,5-6,9H2,1H3. The Balaban J connectivity index is 2.04. The minimum atomic E-state index is -0.806. The lowest BCUT2D eigenvalue weighted by Crippen LogP contribution is -2.31. The van der Waals surface area contributed by atoms with E-state index in [-0.39, 0.29) is 6.04 Å². The summed E-state index contributed by atoms with van der Waals surface area (Å²) in [7, 11) is 0. The van der Waals surface area contributed by atoms with Crippen LogP contribution in [0.15, 0.2) is 18.2 Å². The number of benzene rings is 1. The maximum absolute atomic E-state index is 13.7. The zero-order valence-corrected chi connectivity index (χ0v) is 10.6. The fourth-order valence-corrected chi connectivity index (χ4v) is 2.06. The third-order valence-electron chi connectivity index (χ3n) is 3.36. The largest absolute Gasteiger partial charge is 0.376 e. The van der Waals surface area contributed by atoms with Crippen LogP contribution in [0, 0.1) is 11.6 Å². The summed E-state index contributed by atoms with van der Waals surface area (Å²) in [5, 5.41) is 3.14. The first-order valence-corrected chi connectivity index (χ1v) is 6.51. The molecule has 1 aliphatic rings. The van der Waals surface area contributed by atoms with Crippen molar-refractivity contribution in [2.75, 3.05) is 13.2 Å².